The van der Waals surface area contributed by atoms with E-state index >= 15 is 0 Å². The first-order valence-electron chi connectivity index (χ1n) is 8.11. The third-order valence-corrected chi connectivity index (χ3v) is 3.34. The van der Waals surface area contributed by atoms with Crippen LogP contribution in [0.2, 0.25) is 0 Å². The van der Waals surface area contributed by atoms with Crippen LogP contribution in [-0.2, 0) is 0 Å². The minimum atomic E-state index is -0.170. The van der Waals surface area contributed by atoms with Crippen molar-refractivity contribution in [3.05, 3.63) is 66.7 Å². The fourth-order valence-electron chi connectivity index (χ4n) is 2.06. The lowest BCUT2D eigenvalue weighted by atomic mass is 10.2. The van der Waals surface area contributed by atoms with Gasteiger partial charge in [0, 0.05) is 17.3 Å². The van der Waals surface area contributed by atoms with Gasteiger partial charge in [-0.2, -0.15) is 0 Å². The molecule has 2 rings (SSSR count). The van der Waals surface area contributed by atoms with Gasteiger partial charge in [0.05, 0.1) is 6.61 Å². The van der Waals surface area contributed by atoms with Gasteiger partial charge < -0.3 is 14.8 Å². The Labute approximate surface area is 143 Å². The molecule has 0 bridgehead atoms. The van der Waals surface area contributed by atoms with E-state index in [0.717, 1.165) is 18.6 Å². The molecule has 1 amide bonds. The Morgan fingerprint density at radius 3 is 2.62 bits per heavy atom. The summed E-state index contributed by atoms with van der Waals surface area (Å²) in [4.78, 5) is 12.3. The van der Waals surface area contributed by atoms with Crippen LogP contribution in [0.5, 0.6) is 11.5 Å². The van der Waals surface area contributed by atoms with Gasteiger partial charge in [0.1, 0.15) is 18.1 Å². The molecule has 0 radical (unpaired) electrons. The van der Waals surface area contributed by atoms with E-state index in [4.69, 9.17) is 9.47 Å². The van der Waals surface area contributed by atoms with Gasteiger partial charge >= 0.3 is 0 Å². The molecule has 0 saturated carbocycles. The van der Waals surface area contributed by atoms with E-state index in [2.05, 4.69) is 18.8 Å². The van der Waals surface area contributed by atoms with Gasteiger partial charge in [0.2, 0.25) is 0 Å². The first-order chi connectivity index (χ1) is 11.7. The summed E-state index contributed by atoms with van der Waals surface area (Å²) in [5, 5.41) is 2.86. The average molecular weight is 325 g/mol. The second kappa shape index (κ2) is 9.40. The zero-order chi connectivity index (χ0) is 17.2. The van der Waals surface area contributed by atoms with Crippen LogP contribution in [0, 0.1) is 0 Å². The highest BCUT2D eigenvalue weighted by atomic mass is 16.5. The lowest BCUT2D eigenvalue weighted by Gasteiger charge is -2.09. The normalized spacial score (nSPS) is 10.0. The maximum atomic E-state index is 12.3. The summed E-state index contributed by atoms with van der Waals surface area (Å²) in [5.74, 6) is 1.29. The number of benzene rings is 2. The molecule has 0 saturated heterocycles. The molecule has 0 aliphatic rings. The van der Waals surface area contributed by atoms with Crippen molar-refractivity contribution in [1.29, 1.82) is 0 Å². The van der Waals surface area contributed by atoms with Crippen LogP contribution in [-0.4, -0.2) is 19.1 Å². The Hall–Kier alpha value is -2.75. The van der Waals surface area contributed by atoms with Crippen molar-refractivity contribution in [3.63, 3.8) is 0 Å². The van der Waals surface area contributed by atoms with Crippen LogP contribution >= 0.6 is 0 Å². The molecule has 0 spiro atoms. The maximum absolute atomic E-state index is 12.3. The Kier molecular flexibility index (Phi) is 6.90. The van der Waals surface area contributed by atoms with E-state index in [1.807, 2.05) is 30.3 Å². The molecule has 2 aromatic carbocycles. The molecule has 0 aromatic heterocycles. The monoisotopic (exact) mass is 325 g/mol. The molecule has 0 aliphatic carbocycles. The van der Waals surface area contributed by atoms with Crippen molar-refractivity contribution in [2.45, 2.75) is 19.8 Å². The molecule has 2 aromatic rings. The highest BCUT2D eigenvalue weighted by molar-refractivity contribution is 6.04. The molecule has 126 valence electrons. The fraction of sp³-hybridized carbons (Fsp3) is 0.250. The molecule has 4 nitrogen and oxygen atoms in total. The number of nitrogens with one attached hydrogen (secondary N) is 1. The van der Waals surface area contributed by atoms with E-state index in [1.54, 1.807) is 24.3 Å². The number of amides is 1. The highest BCUT2D eigenvalue weighted by Crippen LogP contribution is 2.19. The van der Waals surface area contributed by atoms with Crippen LogP contribution in [0.4, 0.5) is 5.69 Å². The SMILES string of the molecule is C=CCOc1cccc(NC(=O)c2ccc(OCCCC)cc2)c1. The quantitative estimate of drug-likeness (QED) is 0.538. The van der Waals surface area contributed by atoms with Crippen LogP contribution < -0.4 is 14.8 Å². The third kappa shape index (κ3) is 5.47. The molecular formula is C20H23NO3. The Morgan fingerprint density at radius 2 is 1.92 bits per heavy atom. The first-order valence-corrected chi connectivity index (χ1v) is 8.11. The van der Waals surface area contributed by atoms with Crippen LogP contribution in [0.15, 0.2) is 61.2 Å². The summed E-state index contributed by atoms with van der Waals surface area (Å²) in [7, 11) is 0. The van der Waals surface area contributed by atoms with Crippen molar-refractivity contribution >= 4 is 11.6 Å². The number of unbranched alkanes of at least 4 members (excludes halogenated alkanes) is 1. The lowest BCUT2D eigenvalue weighted by molar-refractivity contribution is 0.102. The fourth-order valence-corrected chi connectivity index (χ4v) is 2.06. The molecular weight excluding hydrogens is 302 g/mol. The summed E-state index contributed by atoms with van der Waals surface area (Å²) >= 11 is 0. The Balaban J connectivity index is 1.95. The topological polar surface area (TPSA) is 47.6 Å². The van der Waals surface area contributed by atoms with Crippen LogP contribution in [0.3, 0.4) is 0 Å². The first kappa shape index (κ1) is 17.6. The molecule has 24 heavy (non-hydrogen) atoms. The number of rotatable bonds is 9. The molecule has 0 fully saturated rings. The zero-order valence-corrected chi connectivity index (χ0v) is 14.0. The van der Waals surface area contributed by atoms with Crippen molar-refractivity contribution in [1.82, 2.24) is 0 Å². The molecule has 0 unspecified atom stereocenters. The Bertz CT molecular complexity index is 665. The van der Waals surface area contributed by atoms with Crippen LogP contribution in [0.1, 0.15) is 30.1 Å². The van der Waals surface area contributed by atoms with Crippen molar-refractivity contribution in [2.75, 3.05) is 18.5 Å². The van der Waals surface area contributed by atoms with Gasteiger partial charge in [-0.25, -0.2) is 0 Å². The van der Waals surface area contributed by atoms with Gasteiger partial charge in [0.15, 0.2) is 0 Å². The Morgan fingerprint density at radius 1 is 1.12 bits per heavy atom. The predicted molar refractivity (Wildman–Crippen MR) is 96.9 cm³/mol. The van der Waals surface area contributed by atoms with Gasteiger partial charge in [0.25, 0.3) is 5.91 Å². The smallest absolute Gasteiger partial charge is 0.255 e. The summed E-state index contributed by atoms with van der Waals surface area (Å²) in [6.45, 7) is 6.85. The number of anilines is 1. The number of hydrogen-bond donors (Lipinski definition) is 1. The van der Waals surface area contributed by atoms with E-state index in [1.165, 1.54) is 0 Å². The third-order valence-electron chi connectivity index (χ3n) is 3.34. The van der Waals surface area contributed by atoms with Crippen molar-refractivity contribution in [3.8, 4) is 11.5 Å². The number of ether oxygens (including phenoxy) is 2. The molecule has 0 aliphatic heterocycles. The summed E-state index contributed by atoms with van der Waals surface area (Å²) in [6.07, 6.45) is 3.79. The van der Waals surface area contributed by atoms with E-state index in [0.29, 0.717) is 30.2 Å². The molecule has 4 heteroatoms. The largest absolute Gasteiger partial charge is 0.494 e. The second-order valence-corrected chi connectivity index (χ2v) is 5.31. The zero-order valence-electron chi connectivity index (χ0n) is 14.0. The molecule has 0 atom stereocenters. The van der Waals surface area contributed by atoms with E-state index < -0.39 is 0 Å². The highest BCUT2D eigenvalue weighted by Gasteiger charge is 2.07. The van der Waals surface area contributed by atoms with Gasteiger partial charge in [-0.3, -0.25) is 4.79 Å². The summed E-state index contributed by atoms with van der Waals surface area (Å²) in [6, 6.07) is 14.4. The number of hydrogen-bond acceptors (Lipinski definition) is 3. The standard InChI is InChI=1S/C20H23NO3/c1-3-5-14-24-18-11-9-16(10-12-18)20(22)21-17-7-6-8-19(15-17)23-13-4-2/h4,6-12,15H,2-3,5,13-14H2,1H3,(H,21,22). The summed E-state index contributed by atoms with van der Waals surface area (Å²) in [5.41, 5.74) is 1.26. The van der Waals surface area contributed by atoms with Crippen molar-refractivity contribution < 1.29 is 14.3 Å². The van der Waals surface area contributed by atoms with Gasteiger partial charge in [-0.15, -0.1) is 0 Å². The lowest BCUT2D eigenvalue weighted by Crippen LogP contribution is -2.11. The van der Waals surface area contributed by atoms with Crippen LogP contribution in [0.25, 0.3) is 0 Å². The van der Waals surface area contributed by atoms with E-state index in [-0.39, 0.29) is 5.91 Å². The minimum Gasteiger partial charge on any atom is -0.494 e. The molecule has 0 heterocycles. The second-order valence-electron chi connectivity index (χ2n) is 5.31. The average Bonchev–Trinajstić information content (AvgIpc) is 2.61. The van der Waals surface area contributed by atoms with Gasteiger partial charge in [-0.1, -0.05) is 32.1 Å². The maximum Gasteiger partial charge on any atom is 0.255 e. The predicted octanol–water partition coefficient (Wildman–Crippen LogP) is 4.68. The number of carbonyl (C=O) groups is 1. The van der Waals surface area contributed by atoms with Crippen molar-refractivity contribution in [2.24, 2.45) is 0 Å². The number of carbonyl (C=O) groups excluding carboxylic acids is 1. The summed E-state index contributed by atoms with van der Waals surface area (Å²) < 4.78 is 11.1. The minimum absolute atomic E-state index is 0.170. The van der Waals surface area contributed by atoms with Gasteiger partial charge in [-0.05, 0) is 42.8 Å². The van der Waals surface area contributed by atoms with E-state index in [9.17, 15) is 4.79 Å². The molecule has 1 N–H and O–H groups in total.